The first-order chi connectivity index (χ1) is 13.5. The van der Waals surface area contributed by atoms with Gasteiger partial charge in [0.05, 0.1) is 30.7 Å². The summed E-state index contributed by atoms with van der Waals surface area (Å²) in [5.41, 5.74) is 2.91. The lowest BCUT2D eigenvalue weighted by Crippen LogP contribution is -2.06. The van der Waals surface area contributed by atoms with E-state index in [2.05, 4.69) is 5.10 Å². The van der Waals surface area contributed by atoms with Crippen LogP contribution < -0.4 is 0 Å². The highest BCUT2D eigenvalue weighted by Crippen LogP contribution is 2.28. The van der Waals surface area contributed by atoms with E-state index in [0.29, 0.717) is 40.4 Å². The molecule has 144 valence electrons. The zero-order valence-electron chi connectivity index (χ0n) is 15.7. The van der Waals surface area contributed by atoms with Gasteiger partial charge >= 0.3 is 11.9 Å². The van der Waals surface area contributed by atoms with Crippen LogP contribution in [0.4, 0.5) is 4.39 Å². The molecule has 0 aliphatic carbocycles. The van der Waals surface area contributed by atoms with E-state index in [1.807, 2.05) is 0 Å². The SMILES string of the molecule is CCOC(=O)c1ccc(-n2nc(-c3ccc(F)cc3)c(C(=O)OC)c2C)cc1. The molecule has 0 atom stereocenters. The Kier molecular flexibility index (Phi) is 5.54. The number of rotatable bonds is 5. The van der Waals surface area contributed by atoms with Crippen LogP contribution in [0.25, 0.3) is 16.9 Å². The Balaban J connectivity index is 2.08. The van der Waals surface area contributed by atoms with Crippen molar-refractivity contribution in [3.05, 3.63) is 71.2 Å². The molecule has 2 aromatic carbocycles. The number of methoxy groups -OCH3 is 1. The molecule has 7 heteroatoms. The van der Waals surface area contributed by atoms with Gasteiger partial charge in [0.15, 0.2) is 0 Å². The highest BCUT2D eigenvalue weighted by Gasteiger charge is 2.24. The Morgan fingerprint density at radius 3 is 2.25 bits per heavy atom. The number of halogens is 1. The summed E-state index contributed by atoms with van der Waals surface area (Å²) in [7, 11) is 1.29. The molecule has 0 spiro atoms. The molecule has 3 rings (SSSR count). The minimum absolute atomic E-state index is 0.294. The number of carbonyl (C=O) groups excluding carboxylic acids is 2. The molecule has 1 aromatic heterocycles. The molecular weight excluding hydrogens is 363 g/mol. The van der Waals surface area contributed by atoms with Crippen LogP contribution in [-0.2, 0) is 9.47 Å². The van der Waals surface area contributed by atoms with Crippen LogP contribution in [0, 0.1) is 12.7 Å². The molecule has 0 saturated carbocycles. The van der Waals surface area contributed by atoms with Gasteiger partial charge in [0.1, 0.15) is 17.1 Å². The van der Waals surface area contributed by atoms with Gasteiger partial charge in [-0.1, -0.05) is 0 Å². The minimum atomic E-state index is -0.536. The fourth-order valence-electron chi connectivity index (χ4n) is 2.86. The van der Waals surface area contributed by atoms with Crippen LogP contribution in [0.1, 0.15) is 33.3 Å². The first kappa shape index (κ1) is 19.3. The summed E-state index contributed by atoms with van der Waals surface area (Å²) in [4.78, 5) is 24.2. The minimum Gasteiger partial charge on any atom is -0.465 e. The first-order valence-corrected chi connectivity index (χ1v) is 8.67. The van der Waals surface area contributed by atoms with Gasteiger partial charge in [-0.25, -0.2) is 18.7 Å². The number of hydrogen-bond acceptors (Lipinski definition) is 5. The third-order valence-corrected chi connectivity index (χ3v) is 4.25. The second-order valence-corrected chi connectivity index (χ2v) is 5.99. The molecule has 0 saturated heterocycles. The Morgan fingerprint density at radius 1 is 1.04 bits per heavy atom. The zero-order valence-corrected chi connectivity index (χ0v) is 15.7. The van der Waals surface area contributed by atoms with E-state index in [9.17, 15) is 14.0 Å². The van der Waals surface area contributed by atoms with Crippen molar-refractivity contribution in [2.75, 3.05) is 13.7 Å². The predicted molar refractivity (Wildman–Crippen MR) is 101 cm³/mol. The fraction of sp³-hybridized carbons (Fsp3) is 0.190. The van der Waals surface area contributed by atoms with Gasteiger partial charge in [0, 0.05) is 5.56 Å². The summed E-state index contributed by atoms with van der Waals surface area (Å²) in [6.07, 6.45) is 0. The zero-order chi connectivity index (χ0) is 20.3. The highest BCUT2D eigenvalue weighted by atomic mass is 19.1. The van der Waals surface area contributed by atoms with Gasteiger partial charge < -0.3 is 9.47 Å². The molecule has 0 aliphatic heterocycles. The van der Waals surface area contributed by atoms with Gasteiger partial charge in [-0.3, -0.25) is 0 Å². The molecule has 1 heterocycles. The summed E-state index contributed by atoms with van der Waals surface area (Å²) in [5.74, 6) is -1.33. The number of nitrogens with zero attached hydrogens (tertiary/aromatic N) is 2. The van der Waals surface area contributed by atoms with Gasteiger partial charge in [-0.2, -0.15) is 5.10 Å². The lowest BCUT2D eigenvalue weighted by Gasteiger charge is -2.06. The Morgan fingerprint density at radius 2 is 1.68 bits per heavy atom. The number of esters is 2. The van der Waals surface area contributed by atoms with Gasteiger partial charge in [0.2, 0.25) is 0 Å². The number of aromatic nitrogens is 2. The fourth-order valence-corrected chi connectivity index (χ4v) is 2.86. The summed E-state index contributed by atoms with van der Waals surface area (Å²) >= 11 is 0. The highest BCUT2D eigenvalue weighted by molar-refractivity contribution is 5.97. The van der Waals surface area contributed by atoms with Crippen LogP contribution in [0.5, 0.6) is 0 Å². The van der Waals surface area contributed by atoms with Crippen LogP contribution in [-0.4, -0.2) is 35.4 Å². The van der Waals surface area contributed by atoms with Gasteiger partial charge in [-0.15, -0.1) is 0 Å². The maximum atomic E-state index is 13.3. The summed E-state index contributed by atoms with van der Waals surface area (Å²) in [5, 5.41) is 4.54. The first-order valence-electron chi connectivity index (χ1n) is 8.67. The Hall–Kier alpha value is -3.48. The van der Waals surface area contributed by atoms with E-state index in [4.69, 9.17) is 9.47 Å². The second-order valence-electron chi connectivity index (χ2n) is 5.99. The summed E-state index contributed by atoms with van der Waals surface area (Å²) in [6, 6.07) is 12.4. The van der Waals surface area contributed by atoms with E-state index in [1.165, 1.54) is 19.2 Å². The van der Waals surface area contributed by atoms with Crippen molar-refractivity contribution in [2.45, 2.75) is 13.8 Å². The molecule has 0 N–H and O–H groups in total. The monoisotopic (exact) mass is 382 g/mol. The lowest BCUT2D eigenvalue weighted by molar-refractivity contribution is 0.0525. The van der Waals surface area contributed by atoms with Gasteiger partial charge in [0.25, 0.3) is 0 Å². The molecule has 0 radical (unpaired) electrons. The van der Waals surface area contributed by atoms with E-state index >= 15 is 0 Å². The maximum absolute atomic E-state index is 13.3. The second kappa shape index (κ2) is 8.04. The molecule has 0 amide bonds. The van der Waals surface area contributed by atoms with Crippen molar-refractivity contribution in [1.29, 1.82) is 0 Å². The standard InChI is InChI=1S/C21H19FN2O4/c1-4-28-20(25)15-7-11-17(12-8-15)24-13(2)18(21(26)27-3)19(23-24)14-5-9-16(22)10-6-14/h5-12H,4H2,1-3H3. The maximum Gasteiger partial charge on any atom is 0.342 e. The van der Waals surface area contributed by atoms with Crippen LogP contribution >= 0.6 is 0 Å². The summed E-state index contributed by atoms with van der Waals surface area (Å²) < 4.78 is 24.7. The van der Waals surface area contributed by atoms with Crippen molar-refractivity contribution in [3.8, 4) is 16.9 Å². The van der Waals surface area contributed by atoms with Crippen molar-refractivity contribution < 1.29 is 23.5 Å². The average Bonchev–Trinajstić information content (AvgIpc) is 3.05. The van der Waals surface area contributed by atoms with Crippen LogP contribution in [0.15, 0.2) is 48.5 Å². The Bertz CT molecular complexity index is 1010. The smallest absolute Gasteiger partial charge is 0.342 e. The van der Waals surface area contributed by atoms with E-state index < -0.39 is 11.9 Å². The molecule has 0 aliphatic rings. The quantitative estimate of drug-likeness (QED) is 0.625. The van der Waals surface area contributed by atoms with Crippen LogP contribution in [0.3, 0.4) is 0 Å². The van der Waals surface area contributed by atoms with Crippen molar-refractivity contribution in [2.24, 2.45) is 0 Å². The average molecular weight is 382 g/mol. The predicted octanol–water partition coefficient (Wildman–Crippen LogP) is 3.95. The molecule has 3 aromatic rings. The van der Waals surface area contributed by atoms with E-state index in [1.54, 1.807) is 54.9 Å². The third kappa shape index (κ3) is 3.64. The van der Waals surface area contributed by atoms with Crippen molar-refractivity contribution in [1.82, 2.24) is 9.78 Å². The van der Waals surface area contributed by atoms with Gasteiger partial charge in [-0.05, 0) is 62.4 Å². The molecule has 0 fully saturated rings. The van der Waals surface area contributed by atoms with Crippen molar-refractivity contribution in [3.63, 3.8) is 0 Å². The number of carbonyl (C=O) groups is 2. The van der Waals surface area contributed by atoms with Crippen LogP contribution in [0.2, 0.25) is 0 Å². The largest absolute Gasteiger partial charge is 0.465 e. The number of hydrogen-bond donors (Lipinski definition) is 0. The Labute approximate surface area is 161 Å². The van der Waals surface area contributed by atoms with E-state index in [-0.39, 0.29) is 5.82 Å². The third-order valence-electron chi connectivity index (χ3n) is 4.25. The molecule has 0 bridgehead atoms. The molecule has 0 unspecified atom stereocenters. The normalized spacial score (nSPS) is 10.6. The number of benzene rings is 2. The van der Waals surface area contributed by atoms with Crippen molar-refractivity contribution >= 4 is 11.9 Å². The topological polar surface area (TPSA) is 70.4 Å². The lowest BCUT2D eigenvalue weighted by atomic mass is 10.1. The summed E-state index contributed by atoms with van der Waals surface area (Å²) in [6.45, 7) is 3.78. The van der Waals surface area contributed by atoms with E-state index in [0.717, 1.165) is 0 Å². The molecule has 6 nitrogen and oxygen atoms in total. The molecular formula is C21H19FN2O4. The number of ether oxygens (including phenoxy) is 2. The molecule has 28 heavy (non-hydrogen) atoms.